The standard InChI is InChI=1S/C13H14O2/c1-2-3-9-15-13-6-4-5-10-11(13)7-8-12(10)14/h4-6,12,14H,7-9H2,1H3. The molecule has 1 aliphatic rings. The highest BCUT2D eigenvalue weighted by Gasteiger charge is 2.22. The topological polar surface area (TPSA) is 29.5 Å². The first-order valence-electron chi connectivity index (χ1n) is 5.15. The van der Waals surface area contributed by atoms with Gasteiger partial charge in [-0.05, 0) is 31.4 Å². The predicted molar refractivity (Wildman–Crippen MR) is 58.7 cm³/mol. The van der Waals surface area contributed by atoms with Crippen molar-refractivity contribution in [2.24, 2.45) is 0 Å². The molecule has 0 fully saturated rings. The summed E-state index contributed by atoms with van der Waals surface area (Å²) in [6, 6.07) is 5.82. The van der Waals surface area contributed by atoms with Crippen molar-refractivity contribution in [3.8, 4) is 17.6 Å². The largest absolute Gasteiger partial charge is 0.481 e. The first-order valence-corrected chi connectivity index (χ1v) is 5.15. The van der Waals surface area contributed by atoms with Crippen molar-refractivity contribution in [1.82, 2.24) is 0 Å². The average Bonchev–Trinajstić information content (AvgIpc) is 2.62. The Morgan fingerprint density at radius 1 is 1.53 bits per heavy atom. The minimum Gasteiger partial charge on any atom is -0.481 e. The predicted octanol–water partition coefficient (Wildman–Crippen LogP) is 2.07. The van der Waals surface area contributed by atoms with Crippen LogP contribution in [0.2, 0.25) is 0 Å². The highest BCUT2D eigenvalue weighted by atomic mass is 16.5. The molecule has 0 radical (unpaired) electrons. The van der Waals surface area contributed by atoms with E-state index in [4.69, 9.17) is 4.74 Å². The van der Waals surface area contributed by atoms with Crippen molar-refractivity contribution in [2.75, 3.05) is 6.61 Å². The number of aliphatic hydroxyl groups excluding tert-OH is 1. The molecule has 2 nitrogen and oxygen atoms in total. The van der Waals surface area contributed by atoms with Gasteiger partial charge in [0.1, 0.15) is 12.4 Å². The van der Waals surface area contributed by atoms with Crippen molar-refractivity contribution >= 4 is 0 Å². The van der Waals surface area contributed by atoms with Gasteiger partial charge < -0.3 is 9.84 Å². The van der Waals surface area contributed by atoms with Crippen molar-refractivity contribution in [3.05, 3.63) is 29.3 Å². The molecule has 0 aliphatic heterocycles. The Morgan fingerprint density at radius 3 is 3.20 bits per heavy atom. The molecule has 0 amide bonds. The number of benzene rings is 1. The second kappa shape index (κ2) is 4.37. The molecule has 0 aromatic heterocycles. The van der Waals surface area contributed by atoms with Crippen LogP contribution in [0.15, 0.2) is 18.2 Å². The van der Waals surface area contributed by atoms with Gasteiger partial charge in [0.05, 0.1) is 6.10 Å². The molecule has 0 saturated heterocycles. The number of rotatable bonds is 2. The molecule has 1 aliphatic carbocycles. The molecule has 0 saturated carbocycles. The number of hydrogen-bond donors (Lipinski definition) is 1. The van der Waals surface area contributed by atoms with E-state index in [2.05, 4.69) is 11.8 Å². The zero-order valence-corrected chi connectivity index (χ0v) is 8.79. The van der Waals surface area contributed by atoms with Gasteiger partial charge in [-0.2, -0.15) is 0 Å². The van der Waals surface area contributed by atoms with Crippen LogP contribution >= 0.6 is 0 Å². The molecule has 1 N–H and O–H groups in total. The average molecular weight is 202 g/mol. The maximum Gasteiger partial charge on any atom is 0.149 e. The van der Waals surface area contributed by atoms with Crippen LogP contribution in [0.4, 0.5) is 0 Å². The van der Waals surface area contributed by atoms with Gasteiger partial charge in [0.15, 0.2) is 0 Å². The zero-order valence-electron chi connectivity index (χ0n) is 8.79. The number of fused-ring (bicyclic) bond motifs is 1. The fraction of sp³-hybridized carbons (Fsp3) is 0.385. The van der Waals surface area contributed by atoms with Gasteiger partial charge in [0.25, 0.3) is 0 Å². The zero-order chi connectivity index (χ0) is 10.7. The first-order chi connectivity index (χ1) is 7.33. The minimum atomic E-state index is -0.319. The summed E-state index contributed by atoms with van der Waals surface area (Å²) in [7, 11) is 0. The first kappa shape index (κ1) is 10.1. The fourth-order valence-corrected chi connectivity index (χ4v) is 1.92. The Morgan fingerprint density at radius 2 is 2.40 bits per heavy atom. The van der Waals surface area contributed by atoms with Crippen LogP contribution in [0.3, 0.4) is 0 Å². The third-order valence-corrected chi connectivity index (χ3v) is 2.67. The van der Waals surface area contributed by atoms with Gasteiger partial charge in [0.2, 0.25) is 0 Å². The maximum atomic E-state index is 9.69. The fourth-order valence-electron chi connectivity index (χ4n) is 1.92. The summed E-state index contributed by atoms with van der Waals surface area (Å²) in [5, 5.41) is 9.69. The van der Waals surface area contributed by atoms with Crippen molar-refractivity contribution in [1.29, 1.82) is 0 Å². The lowest BCUT2D eigenvalue weighted by Crippen LogP contribution is -1.98. The molecule has 2 rings (SSSR count). The second-order valence-electron chi connectivity index (χ2n) is 3.59. The molecule has 1 aromatic rings. The van der Waals surface area contributed by atoms with Crippen LogP contribution in [0, 0.1) is 11.8 Å². The summed E-state index contributed by atoms with van der Waals surface area (Å²) in [5.41, 5.74) is 2.15. The molecular weight excluding hydrogens is 188 g/mol. The summed E-state index contributed by atoms with van der Waals surface area (Å²) in [5.74, 6) is 6.52. The minimum absolute atomic E-state index is 0.319. The molecule has 2 heteroatoms. The number of ether oxygens (including phenoxy) is 1. The van der Waals surface area contributed by atoms with E-state index in [9.17, 15) is 5.11 Å². The number of aliphatic hydroxyl groups is 1. The van der Waals surface area contributed by atoms with E-state index < -0.39 is 0 Å². The van der Waals surface area contributed by atoms with Crippen LogP contribution in [0.5, 0.6) is 5.75 Å². The van der Waals surface area contributed by atoms with Gasteiger partial charge in [-0.25, -0.2) is 0 Å². The highest BCUT2D eigenvalue weighted by molar-refractivity contribution is 5.44. The third-order valence-electron chi connectivity index (χ3n) is 2.67. The molecule has 0 bridgehead atoms. The molecule has 1 unspecified atom stereocenters. The SMILES string of the molecule is CC#CCOc1cccc2c1CCC2O. The molecule has 15 heavy (non-hydrogen) atoms. The van der Waals surface area contributed by atoms with Gasteiger partial charge in [-0.3, -0.25) is 0 Å². The van der Waals surface area contributed by atoms with Gasteiger partial charge in [-0.15, -0.1) is 5.92 Å². The normalized spacial score (nSPS) is 17.9. The van der Waals surface area contributed by atoms with Crippen LogP contribution in [-0.4, -0.2) is 11.7 Å². The Bertz CT molecular complexity index is 412. The summed E-state index contributed by atoms with van der Waals surface area (Å²) in [4.78, 5) is 0. The summed E-state index contributed by atoms with van der Waals surface area (Å²) >= 11 is 0. The van der Waals surface area contributed by atoms with E-state index in [0.29, 0.717) is 6.61 Å². The van der Waals surface area contributed by atoms with Crippen LogP contribution in [0.1, 0.15) is 30.6 Å². The lowest BCUT2D eigenvalue weighted by molar-refractivity contribution is 0.180. The van der Waals surface area contributed by atoms with E-state index in [1.54, 1.807) is 6.92 Å². The van der Waals surface area contributed by atoms with E-state index in [1.807, 2.05) is 18.2 Å². The molecule has 1 aromatic carbocycles. The van der Waals surface area contributed by atoms with E-state index in [1.165, 1.54) is 0 Å². The van der Waals surface area contributed by atoms with Crippen LogP contribution < -0.4 is 4.74 Å². The quantitative estimate of drug-likeness (QED) is 0.744. The van der Waals surface area contributed by atoms with Crippen LogP contribution in [0.25, 0.3) is 0 Å². The highest BCUT2D eigenvalue weighted by Crippen LogP contribution is 2.36. The maximum absolute atomic E-state index is 9.69. The lowest BCUT2D eigenvalue weighted by atomic mass is 10.1. The lowest BCUT2D eigenvalue weighted by Gasteiger charge is -2.08. The van der Waals surface area contributed by atoms with Crippen molar-refractivity contribution < 1.29 is 9.84 Å². The monoisotopic (exact) mass is 202 g/mol. The smallest absolute Gasteiger partial charge is 0.149 e. The summed E-state index contributed by atoms with van der Waals surface area (Å²) in [6.45, 7) is 2.21. The molecule has 0 spiro atoms. The molecule has 1 atom stereocenters. The number of hydrogen-bond acceptors (Lipinski definition) is 2. The van der Waals surface area contributed by atoms with E-state index in [0.717, 1.165) is 29.7 Å². The molecule has 78 valence electrons. The van der Waals surface area contributed by atoms with E-state index >= 15 is 0 Å². The Kier molecular flexibility index (Phi) is 2.94. The van der Waals surface area contributed by atoms with Crippen LogP contribution in [-0.2, 0) is 6.42 Å². The molecular formula is C13H14O2. The van der Waals surface area contributed by atoms with Gasteiger partial charge >= 0.3 is 0 Å². The Labute approximate surface area is 89.9 Å². The van der Waals surface area contributed by atoms with Crippen molar-refractivity contribution in [3.63, 3.8) is 0 Å². The molecule has 0 heterocycles. The van der Waals surface area contributed by atoms with E-state index in [-0.39, 0.29) is 6.10 Å². The summed E-state index contributed by atoms with van der Waals surface area (Å²) in [6.07, 6.45) is 1.38. The van der Waals surface area contributed by atoms with Gasteiger partial charge in [-0.1, -0.05) is 18.1 Å². The Hall–Kier alpha value is -1.46. The third kappa shape index (κ3) is 1.98. The second-order valence-corrected chi connectivity index (χ2v) is 3.59. The van der Waals surface area contributed by atoms with Gasteiger partial charge in [0, 0.05) is 5.56 Å². The van der Waals surface area contributed by atoms with Crippen molar-refractivity contribution in [2.45, 2.75) is 25.9 Å². The summed E-state index contributed by atoms with van der Waals surface area (Å²) < 4.78 is 5.55. The Balaban J connectivity index is 2.21.